The van der Waals surface area contributed by atoms with E-state index in [9.17, 15) is 23.9 Å². The maximum atomic E-state index is 13.8. The molecule has 0 aliphatic rings. The van der Waals surface area contributed by atoms with Gasteiger partial charge in [0.15, 0.2) is 0 Å². The second kappa shape index (κ2) is 11.2. The van der Waals surface area contributed by atoms with Crippen LogP contribution >= 0.6 is 0 Å². The number of nitrogens with one attached hydrogen (secondary N) is 2. The zero-order valence-electron chi connectivity index (χ0n) is 15.3. The summed E-state index contributed by atoms with van der Waals surface area (Å²) < 4.78 is 13.8. The smallest absolute Gasteiger partial charge is 0.326 e. The van der Waals surface area contributed by atoms with Gasteiger partial charge in [0.1, 0.15) is 17.9 Å². The van der Waals surface area contributed by atoms with Gasteiger partial charge in [-0.25, -0.2) is 9.18 Å². The molecule has 6 nitrogen and oxygen atoms in total. The van der Waals surface area contributed by atoms with Gasteiger partial charge in [0, 0.05) is 13.3 Å². The van der Waals surface area contributed by atoms with Crippen molar-refractivity contribution in [3.63, 3.8) is 0 Å². The van der Waals surface area contributed by atoms with E-state index in [-0.39, 0.29) is 12.0 Å². The van der Waals surface area contributed by atoms with Gasteiger partial charge >= 0.3 is 5.97 Å². The third-order valence-corrected chi connectivity index (χ3v) is 4.04. The van der Waals surface area contributed by atoms with Gasteiger partial charge in [-0.05, 0) is 18.1 Å². The van der Waals surface area contributed by atoms with Crippen molar-refractivity contribution >= 4 is 17.8 Å². The van der Waals surface area contributed by atoms with E-state index in [1.165, 1.54) is 25.1 Å². The van der Waals surface area contributed by atoms with Crippen LogP contribution in [0.15, 0.2) is 24.3 Å². The van der Waals surface area contributed by atoms with E-state index >= 15 is 0 Å². The molecule has 7 heteroatoms. The summed E-state index contributed by atoms with van der Waals surface area (Å²) in [5.74, 6) is -2.69. The monoisotopic (exact) mass is 366 g/mol. The van der Waals surface area contributed by atoms with Crippen LogP contribution in [0, 0.1) is 5.82 Å². The molecule has 0 spiro atoms. The molecule has 3 N–H and O–H groups in total. The molecule has 0 aliphatic heterocycles. The lowest BCUT2D eigenvalue weighted by atomic mass is 10.0. The highest BCUT2D eigenvalue weighted by molar-refractivity contribution is 5.90. The highest BCUT2D eigenvalue weighted by Crippen LogP contribution is 2.11. The van der Waals surface area contributed by atoms with Gasteiger partial charge in [0.05, 0.1) is 0 Å². The zero-order valence-corrected chi connectivity index (χ0v) is 15.3. The first-order chi connectivity index (χ1) is 12.3. The first kappa shape index (κ1) is 21.6. The number of rotatable bonds is 11. The third-order valence-electron chi connectivity index (χ3n) is 4.04. The van der Waals surface area contributed by atoms with Crippen LogP contribution in [-0.4, -0.2) is 35.0 Å². The van der Waals surface area contributed by atoms with Crippen molar-refractivity contribution in [2.24, 2.45) is 0 Å². The Morgan fingerprint density at radius 1 is 1.08 bits per heavy atom. The highest BCUT2D eigenvalue weighted by atomic mass is 19.1. The Labute approximate surface area is 153 Å². The van der Waals surface area contributed by atoms with Crippen molar-refractivity contribution in [3.05, 3.63) is 35.6 Å². The van der Waals surface area contributed by atoms with Crippen LogP contribution in [-0.2, 0) is 20.8 Å². The molecule has 0 aliphatic carbocycles. The minimum atomic E-state index is -1.12. The molecule has 1 aromatic carbocycles. The number of carboxylic acids is 1. The average Bonchev–Trinajstić information content (AvgIpc) is 2.58. The maximum Gasteiger partial charge on any atom is 0.326 e. The Kier molecular flexibility index (Phi) is 9.33. The fourth-order valence-corrected chi connectivity index (χ4v) is 2.64. The molecule has 0 aromatic heterocycles. The normalized spacial score (nSPS) is 12.9. The summed E-state index contributed by atoms with van der Waals surface area (Å²) in [6.07, 6.45) is 3.86. The number of aliphatic carboxylic acids is 1. The van der Waals surface area contributed by atoms with Crippen molar-refractivity contribution in [1.29, 1.82) is 0 Å². The Balaban J connectivity index is 2.78. The van der Waals surface area contributed by atoms with Gasteiger partial charge < -0.3 is 15.7 Å². The van der Waals surface area contributed by atoms with Crippen LogP contribution in [0.3, 0.4) is 0 Å². The molecule has 2 amide bonds. The van der Waals surface area contributed by atoms with Crippen molar-refractivity contribution in [1.82, 2.24) is 10.6 Å². The fraction of sp³-hybridized carbons (Fsp3) is 0.526. The van der Waals surface area contributed by atoms with Gasteiger partial charge in [0.25, 0.3) is 0 Å². The predicted molar refractivity (Wildman–Crippen MR) is 96.0 cm³/mol. The molecule has 1 aromatic rings. The maximum absolute atomic E-state index is 13.8. The van der Waals surface area contributed by atoms with E-state index in [0.717, 1.165) is 19.3 Å². The molecule has 0 unspecified atom stereocenters. The second-order valence-corrected chi connectivity index (χ2v) is 6.30. The van der Waals surface area contributed by atoms with E-state index < -0.39 is 35.7 Å². The van der Waals surface area contributed by atoms with Crippen LogP contribution in [0.4, 0.5) is 4.39 Å². The standard InChI is InChI=1S/C19H27FN2O4/c1-3-4-5-6-11-16(19(25)26)22-18(24)17(21-13(2)23)12-14-9-7-8-10-15(14)20/h7-10,16-17H,3-6,11-12H2,1-2H3,(H,21,23)(H,22,24)(H,25,26)/t16-,17-/m1/s1. The van der Waals surface area contributed by atoms with Gasteiger partial charge in [-0.2, -0.15) is 0 Å². The topological polar surface area (TPSA) is 95.5 Å². The van der Waals surface area contributed by atoms with Crippen LogP contribution in [0.25, 0.3) is 0 Å². The lowest BCUT2D eigenvalue weighted by Crippen LogP contribution is -2.52. The van der Waals surface area contributed by atoms with Crippen LogP contribution < -0.4 is 10.6 Å². The Hall–Kier alpha value is -2.44. The van der Waals surface area contributed by atoms with Gasteiger partial charge in [0.2, 0.25) is 11.8 Å². The number of carbonyl (C=O) groups is 3. The second-order valence-electron chi connectivity index (χ2n) is 6.30. The average molecular weight is 366 g/mol. The number of benzene rings is 1. The van der Waals surface area contributed by atoms with E-state index in [1.54, 1.807) is 6.07 Å². The summed E-state index contributed by atoms with van der Waals surface area (Å²) in [5.41, 5.74) is 0.274. The third kappa shape index (κ3) is 7.63. The Morgan fingerprint density at radius 2 is 1.77 bits per heavy atom. The number of hydrogen-bond donors (Lipinski definition) is 3. The first-order valence-electron chi connectivity index (χ1n) is 8.88. The van der Waals surface area contributed by atoms with Crippen LogP contribution in [0.1, 0.15) is 51.5 Å². The first-order valence-corrected chi connectivity index (χ1v) is 8.88. The lowest BCUT2D eigenvalue weighted by Gasteiger charge is -2.21. The molecule has 0 heterocycles. The van der Waals surface area contributed by atoms with Crippen molar-refractivity contribution in [2.75, 3.05) is 0 Å². The highest BCUT2D eigenvalue weighted by Gasteiger charge is 2.26. The zero-order chi connectivity index (χ0) is 19.5. The van der Waals surface area contributed by atoms with E-state index in [0.29, 0.717) is 12.8 Å². The summed E-state index contributed by atoms with van der Waals surface area (Å²) >= 11 is 0. The van der Waals surface area contributed by atoms with Gasteiger partial charge in [-0.3, -0.25) is 9.59 Å². The quantitative estimate of drug-likeness (QED) is 0.524. The van der Waals surface area contributed by atoms with Gasteiger partial charge in [-0.15, -0.1) is 0 Å². The molecule has 0 bridgehead atoms. The molecule has 0 saturated heterocycles. The Morgan fingerprint density at radius 3 is 2.35 bits per heavy atom. The van der Waals surface area contributed by atoms with E-state index in [2.05, 4.69) is 17.6 Å². The molecule has 0 radical (unpaired) electrons. The fourth-order valence-electron chi connectivity index (χ4n) is 2.64. The number of amides is 2. The van der Waals surface area contributed by atoms with Gasteiger partial charge in [-0.1, -0.05) is 50.8 Å². The van der Waals surface area contributed by atoms with Crippen molar-refractivity contribution in [3.8, 4) is 0 Å². The summed E-state index contributed by atoms with van der Waals surface area (Å²) in [6, 6.07) is 3.89. The minimum absolute atomic E-state index is 0.0553. The SMILES string of the molecule is CCCCCC[C@@H](NC(=O)[C@@H](Cc1ccccc1F)NC(C)=O)C(=O)O. The largest absolute Gasteiger partial charge is 0.480 e. The molecule has 0 fully saturated rings. The number of hydrogen-bond acceptors (Lipinski definition) is 3. The minimum Gasteiger partial charge on any atom is -0.480 e. The molecule has 26 heavy (non-hydrogen) atoms. The summed E-state index contributed by atoms with van der Waals surface area (Å²) in [6.45, 7) is 3.30. The number of unbranched alkanes of at least 4 members (excludes halogenated alkanes) is 3. The summed E-state index contributed by atoms with van der Waals surface area (Å²) in [4.78, 5) is 35.3. The van der Waals surface area contributed by atoms with Crippen molar-refractivity contribution < 1.29 is 23.9 Å². The lowest BCUT2D eigenvalue weighted by molar-refractivity contribution is -0.142. The number of carbonyl (C=O) groups excluding carboxylic acids is 2. The Bertz CT molecular complexity index is 621. The van der Waals surface area contributed by atoms with Crippen LogP contribution in [0.5, 0.6) is 0 Å². The molecular formula is C19H27FN2O4. The van der Waals surface area contributed by atoms with E-state index in [4.69, 9.17) is 0 Å². The number of carboxylic acid groups (broad SMARTS) is 1. The van der Waals surface area contributed by atoms with Crippen LogP contribution in [0.2, 0.25) is 0 Å². The van der Waals surface area contributed by atoms with E-state index in [1.807, 2.05) is 0 Å². The molecule has 144 valence electrons. The summed E-state index contributed by atoms with van der Waals surface area (Å²) in [5, 5.41) is 14.2. The number of halogens is 1. The molecular weight excluding hydrogens is 339 g/mol. The molecule has 0 saturated carbocycles. The van der Waals surface area contributed by atoms with Crippen molar-refractivity contribution in [2.45, 2.75) is 64.5 Å². The molecule has 2 atom stereocenters. The predicted octanol–water partition coefficient (Wildman–Crippen LogP) is 2.41. The summed E-state index contributed by atoms with van der Waals surface area (Å²) in [7, 11) is 0. The molecule has 1 rings (SSSR count).